The van der Waals surface area contributed by atoms with Crippen LogP contribution >= 0.6 is 11.8 Å². The van der Waals surface area contributed by atoms with E-state index in [1.54, 1.807) is 34.8 Å². The number of rotatable bonds is 9. The fraction of sp³-hybridized carbons (Fsp3) is 0.115. The molecule has 4 rings (SSSR count). The van der Waals surface area contributed by atoms with Crippen LogP contribution in [0.25, 0.3) is 5.69 Å². The van der Waals surface area contributed by atoms with E-state index in [9.17, 15) is 14.7 Å². The first kappa shape index (κ1) is 22.4. The Bertz CT molecular complexity index is 1220. The van der Waals surface area contributed by atoms with Gasteiger partial charge in [-0.1, -0.05) is 42.5 Å². The van der Waals surface area contributed by atoms with E-state index >= 15 is 0 Å². The second-order valence-corrected chi connectivity index (χ2v) is 8.40. The number of thioether (sulfide) groups is 1. The molecule has 0 bridgehead atoms. The van der Waals surface area contributed by atoms with Gasteiger partial charge >= 0.3 is 11.9 Å². The number of aromatic nitrogens is 2. The zero-order valence-corrected chi connectivity index (χ0v) is 18.6. The van der Waals surface area contributed by atoms with Gasteiger partial charge in [0.2, 0.25) is 0 Å². The molecule has 0 spiro atoms. The van der Waals surface area contributed by atoms with Gasteiger partial charge in [-0.15, -0.1) is 11.8 Å². The lowest BCUT2D eigenvalue weighted by Gasteiger charge is -2.08. The van der Waals surface area contributed by atoms with Gasteiger partial charge in [0.05, 0.1) is 17.7 Å². The molecule has 0 unspecified atom stereocenters. The van der Waals surface area contributed by atoms with Crippen molar-refractivity contribution in [1.82, 2.24) is 9.78 Å². The molecule has 0 amide bonds. The number of carbonyl (C=O) groups is 2. The van der Waals surface area contributed by atoms with Gasteiger partial charge in [0, 0.05) is 23.0 Å². The molecule has 6 nitrogen and oxygen atoms in total. The molecule has 0 aliphatic rings. The fourth-order valence-electron chi connectivity index (χ4n) is 3.27. The topological polar surface area (TPSA) is 81.4 Å². The van der Waals surface area contributed by atoms with E-state index in [0.717, 1.165) is 27.3 Å². The van der Waals surface area contributed by atoms with Gasteiger partial charge in [0.15, 0.2) is 0 Å². The van der Waals surface area contributed by atoms with Crippen LogP contribution in [0.2, 0.25) is 0 Å². The molecule has 1 N–H and O–H groups in total. The molecular weight excluding hydrogens is 436 g/mol. The Kier molecular flexibility index (Phi) is 7.22. The molecule has 0 aliphatic heterocycles. The summed E-state index contributed by atoms with van der Waals surface area (Å²) in [5.41, 5.74) is 3.82. The highest BCUT2D eigenvalue weighted by Gasteiger charge is 2.10. The van der Waals surface area contributed by atoms with Crippen molar-refractivity contribution in [3.8, 4) is 5.69 Å². The normalized spacial score (nSPS) is 10.7. The van der Waals surface area contributed by atoms with Gasteiger partial charge in [-0.25, -0.2) is 9.48 Å². The minimum absolute atomic E-state index is 0.193. The minimum Gasteiger partial charge on any atom is -0.478 e. The van der Waals surface area contributed by atoms with Crippen LogP contribution in [0.5, 0.6) is 0 Å². The lowest BCUT2D eigenvalue weighted by molar-refractivity contribution is -0.144. The van der Waals surface area contributed by atoms with E-state index in [0.29, 0.717) is 11.3 Å². The monoisotopic (exact) mass is 458 g/mol. The molecule has 0 saturated carbocycles. The zero-order valence-electron chi connectivity index (χ0n) is 17.8. The molecule has 1 heterocycles. The predicted molar refractivity (Wildman–Crippen MR) is 126 cm³/mol. The average molecular weight is 459 g/mol. The van der Waals surface area contributed by atoms with Crippen LogP contribution in [0.15, 0.2) is 96.2 Å². The molecule has 0 aliphatic carbocycles. The summed E-state index contributed by atoms with van der Waals surface area (Å²) in [4.78, 5) is 24.6. The summed E-state index contributed by atoms with van der Waals surface area (Å²) in [6.07, 6.45) is 3.78. The number of carboxylic acids is 1. The Hall–Kier alpha value is -3.84. The van der Waals surface area contributed by atoms with Crippen molar-refractivity contribution in [2.75, 3.05) is 0 Å². The summed E-state index contributed by atoms with van der Waals surface area (Å²) in [6.45, 7) is 0.217. The summed E-state index contributed by atoms with van der Waals surface area (Å²) < 4.78 is 7.18. The lowest BCUT2D eigenvalue weighted by atomic mass is 10.1. The van der Waals surface area contributed by atoms with Crippen LogP contribution in [0.4, 0.5) is 0 Å². The first-order valence-electron chi connectivity index (χ1n) is 10.4. The molecule has 7 heteroatoms. The maximum Gasteiger partial charge on any atom is 0.335 e. The highest BCUT2D eigenvalue weighted by Crippen LogP contribution is 2.25. The summed E-state index contributed by atoms with van der Waals surface area (Å²) in [7, 11) is 0. The zero-order chi connectivity index (χ0) is 23.0. The number of benzene rings is 3. The van der Waals surface area contributed by atoms with Gasteiger partial charge < -0.3 is 9.84 Å². The number of nitrogens with zero attached hydrogens (tertiary/aromatic N) is 2. The predicted octanol–water partition coefficient (Wildman–Crippen LogP) is 5.15. The maximum atomic E-state index is 12.2. The molecule has 0 radical (unpaired) electrons. The SMILES string of the molecule is O=C(Cc1ccc(SCc2ccccc2C(=O)O)cc1)OCc1ccc(-n2cccn2)cc1. The molecule has 4 aromatic rings. The minimum atomic E-state index is -0.922. The molecule has 0 fully saturated rings. The van der Waals surface area contributed by atoms with Crippen molar-refractivity contribution < 1.29 is 19.4 Å². The summed E-state index contributed by atoms with van der Waals surface area (Å²) in [5.74, 6) is -0.654. The summed E-state index contributed by atoms with van der Waals surface area (Å²) >= 11 is 1.55. The molecule has 166 valence electrons. The van der Waals surface area contributed by atoms with Crippen molar-refractivity contribution in [3.05, 3.63) is 114 Å². The van der Waals surface area contributed by atoms with Crippen LogP contribution in [0.1, 0.15) is 27.0 Å². The van der Waals surface area contributed by atoms with Gasteiger partial charge in [0.25, 0.3) is 0 Å². The van der Waals surface area contributed by atoms with Gasteiger partial charge in [-0.05, 0) is 53.1 Å². The van der Waals surface area contributed by atoms with Crippen LogP contribution in [-0.2, 0) is 28.3 Å². The standard InChI is InChI=1S/C26H22N2O4S/c29-25(32-17-20-6-10-22(11-7-20)28-15-3-14-27-28)16-19-8-12-23(13-9-19)33-18-21-4-1-2-5-24(21)26(30)31/h1-15H,16-18H2,(H,30,31). The number of aromatic carboxylic acids is 1. The largest absolute Gasteiger partial charge is 0.478 e. The third-order valence-corrected chi connectivity index (χ3v) is 6.08. The molecule has 3 aromatic carbocycles. The van der Waals surface area contributed by atoms with E-state index < -0.39 is 5.97 Å². The summed E-state index contributed by atoms with van der Waals surface area (Å²) in [5, 5.41) is 13.5. The van der Waals surface area contributed by atoms with Crippen molar-refractivity contribution in [2.24, 2.45) is 0 Å². The molecule has 0 saturated heterocycles. The molecular formula is C26H22N2O4S. The first-order valence-corrected chi connectivity index (χ1v) is 11.3. The van der Waals surface area contributed by atoms with Crippen LogP contribution in [0, 0.1) is 0 Å². The Morgan fingerprint density at radius 1 is 0.909 bits per heavy atom. The van der Waals surface area contributed by atoms with E-state index in [4.69, 9.17) is 4.74 Å². The van der Waals surface area contributed by atoms with Crippen molar-refractivity contribution >= 4 is 23.7 Å². The second kappa shape index (κ2) is 10.7. The van der Waals surface area contributed by atoms with Gasteiger partial charge in [0.1, 0.15) is 6.61 Å². The maximum absolute atomic E-state index is 12.2. The van der Waals surface area contributed by atoms with Gasteiger partial charge in [-0.3, -0.25) is 4.79 Å². The third-order valence-electron chi connectivity index (χ3n) is 5.02. The van der Waals surface area contributed by atoms with Crippen molar-refractivity contribution in [2.45, 2.75) is 23.7 Å². The van der Waals surface area contributed by atoms with Crippen LogP contribution < -0.4 is 0 Å². The quantitative estimate of drug-likeness (QED) is 0.276. The number of carbonyl (C=O) groups excluding carboxylic acids is 1. The fourth-order valence-corrected chi connectivity index (χ4v) is 4.17. The number of carboxylic acid groups (broad SMARTS) is 1. The summed E-state index contributed by atoms with van der Waals surface area (Å²) in [6, 6.07) is 24.2. The molecule has 0 atom stereocenters. The molecule has 33 heavy (non-hydrogen) atoms. The van der Waals surface area contributed by atoms with E-state index in [1.807, 2.05) is 72.9 Å². The number of hydrogen-bond acceptors (Lipinski definition) is 5. The second-order valence-electron chi connectivity index (χ2n) is 7.35. The number of ether oxygens (including phenoxy) is 1. The number of hydrogen-bond donors (Lipinski definition) is 1. The lowest BCUT2D eigenvalue weighted by Crippen LogP contribution is -2.08. The highest BCUT2D eigenvalue weighted by molar-refractivity contribution is 7.98. The van der Waals surface area contributed by atoms with E-state index in [2.05, 4.69) is 5.10 Å². The third kappa shape index (κ3) is 6.11. The van der Waals surface area contributed by atoms with Crippen molar-refractivity contribution in [1.29, 1.82) is 0 Å². The number of esters is 1. The highest BCUT2D eigenvalue weighted by atomic mass is 32.2. The Morgan fingerprint density at radius 3 is 2.33 bits per heavy atom. The van der Waals surface area contributed by atoms with Crippen molar-refractivity contribution in [3.63, 3.8) is 0 Å². The first-order chi connectivity index (χ1) is 16.1. The van der Waals surface area contributed by atoms with E-state index in [-0.39, 0.29) is 19.0 Å². The average Bonchev–Trinajstić information content (AvgIpc) is 3.38. The Morgan fingerprint density at radius 2 is 1.64 bits per heavy atom. The Balaban J connectivity index is 1.26. The van der Waals surface area contributed by atoms with E-state index in [1.165, 1.54) is 0 Å². The smallest absolute Gasteiger partial charge is 0.335 e. The molecule has 1 aromatic heterocycles. The van der Waals surface area contributed by atoms with Crippen LogP contribution in [0.3, 0.4) is 0 Å². The van der Waals surface area contributed by atoms with Gasteiger partial charge in [-0.2, -0.15) is 5.10 Å². The van der Waals surface area contributed by atoms with Crippen LogP contribution in [-0.4, -0.2) is 26.8 Å². The Labute approximate surface area is 195 Å².